The van der Waals surface area contributed by atoms with Crippen LogP contribution in [0, 0.1) is 11.8 Å². The standard InChI is InChI=1S/C16H26N2O6/c1-23-13(19)6-8-17-15(21)11-4-3-5-12(10-11)16(22)18-9-7-14(20)24-2/h11-12H,3-10H2,1-2H3,(H,17,21)(H,18,22)/t11-,12+. The van der Waals surface area contributed by atoms with Crippen LogP contribution in [0.25, 0.3) is 0 Å². The van der Waals surface area contributed by atoms with E-state index in [1.807, 2.05) is 0 Å². The molecule has 0 heterocycles. The van der Waals surface area contributed by atoms with Gasteiger partial charge in [0.2, 0.25) is 11.8 Å². The van der Waals surface area contributed by atoms with E-state index in [2.05, 4.69) is 20.1 Å². The Bertz CT molecular complexity index is 425. The number of amides is 2. The van der Waals surface area contributed by atoms with Crippen LogP contribution in [0.1, 0.15) is 38.5 Å². The van der Waals surface area contributed by atoms with Crippen LogP contribution in [0.3, 0.4) is 0 Å². The minimum absolute atomic E-state index is 0.131. The molecule has 2 N–H and O–H groups in total. The number of esters is 2. The van der Waals surface area contributed by atoms with E-state index in [0.717, 1.165) is 19.3 Å². The topological polar surface area (TPSA) is 111 Å². The summed E-state index contributed by atoms with van der Waals surface area (Å²) in [5.74, 6) is -1.47. The van der Waals surface area contributed by atoms with Gasteiger partial charge in [0.05, 0.1) is 27.1 Å². The van der Waals surface area contributed by atoms with Gasteiger partial charge in [0.15, 0.2) is 0 Å². The molecule has 0 aromatic heterocycles. The van der Waals surface area contributed by atoms with E-state index in [9.17, 15) is 19.2 Å². The molecule has 24 heavy (non-hydrogen) atoms. The Hall–Kier alpha value is -2.12. The highest BCUT2D eigenvalue weighted by Gasteiger charge is 2.31. The van der Waals surface area contributed by atoms with Crippen LogP contribution in [0.2, 0.25) is 0 Å². The van der Waals surface area contributed by atoms with Crippen LogP contribution in [-0.4, -0.2) is 51.1 Å². The highest BCUT2D eigenvalue weighted by Crippen LogP contribution is 2.29. The minimum Gasteiger partial charge on any atom is -0.469 e. The van der Waals surface area contributed by atoms with E-state index in [1.165, 1.54) is 14.2 Å². The number of hydrogen-bond donors (Lipinski definition) is 2. The van der Waals surface area contributed by atoms with Gasteiger partial charge in [-0.15, -0.1) is 0 Å². The van der Waals surface area contributed by atoms with Crippen molar-refractivity contribution in [2.75, 3.05) is 27.3 Å². The third-order valence-corrected chi connectivity index (χ3v) is 4.13. The van der Waals surface area contributed by atoms with E-state index in [1.54, 1.807) is 0 Å². The maximum absolute atomic E-state index is 12.1. The van der Waals surface area contributed by atoms with Crippen molar-refractivity contribution in [2.24, 2.45) is 11.8 Å². The summed E-state index contributed by atoms with van der Waals surface area (Å²) < 4.78 is 9.02. The smallest absolute Gasteiger partial charge is 0.307 e. The first kappa shape index (κ1) is 19.9. The average molecular weight is 342 g/mol. The fourth-order valence-corrected chi connectivity index (χ4v) is 2.73. The van der Waals surface area contributed by atoms with Crippen molar-refractivity contribution in [3.8, 4) is 0 Å². The lowest BCUT2D eigenvalue weighted by Gasteiger charge is -2.27. The van der Waals surface area contributed by atoms with E-state index in [-0.39, 0.29) is 61.5 Å². The van der Waals surface area contributed by atoms with Crippen molar-refractivity contribution >= 4 is 23.8 Å². The van der Waals surface area contributed by atoms with E-state index >= 15 is 0 Å². The van der Waals surface area contributed by atoms with Crippen molar-refractivity contribution in [2.45, 2.75) is 38.5 Å². The van der Waals surface area contributed by atoms with Gasteiger partial charge in [-0.3, -0.25) is 19.2 Å². The molecule has 0 unspecified atom stereocenters. The molecular formula is C16H26N2O6. The monoisotopic (exact) mass is 342 g/mol. The fourth-order valence-electron chi connectivity index (χ4n) is 2.73. The zero-order chi connectivity index (χ0) is 17.9. The molecule has 8 nitrogen and oxygen atoms in total. The van der Waals surface area contributed by atoms with Crippen LogP contribution >= 0.6 is 0 Å². The molecule has 0 bridgehead atoms. The lowest BCUT2D eigenvalue weighted by atomic mass is 9.80. The highest BCUT2D eigenvalue weighted by molar-refractivity contribution is 5.83. The zero-order valence-corrected chi connectivity index (χ0v) is 14.3. The van der Waals surface area contributed by atoms with Gasteiger partial charge >= 0.3 is 11.9 Å². The molecule has 0 radical (unpaired) electrons. The van der Waals surface area contributed by atoms with Crippen molar-refractivity contribution in [1.29, 1.82) is 0 Å². The summed E-state index contributed by atoms with van der Waals surface area (Å²) in [4.78, 5) is 46.3. The van der Waals surface area contributed by atoms with Crippen molar-refractivity contribution < 1.29 is 28.7 Å². The second-order valence-electron chi connectivity index (χ2n) is 5.79. The molecule has 2 amide bonds. The molecule has 1 aliphatic rings. The van der Waals surface area contributed by atoms with Gasteiger partial charge in [-0.1, -0.05) is 6.42 Å². The molecule has 8 heteroatoms. The van der Waals surface area contributed by atoms with Crippen LogP contribution in [0.5, 0.6) is 0 Å². The van der Waals surface area contributed by atoms with Gasteiger partial charge in [0.1, 0.15) is 0 Å². The van der Waals surface area contributed by atoms with Crippen LogP contribution in [0.4, 0.5) is 0 Å². The first-order chi connectivity index (χ1) is 11.5. The van der Waals surface area contributed by atoms with Gasteiger partial charge < -0.3 is 20.1 Å². The lowest BCUT2D eigenvalue weighted by molar-refractivity contribution is -0.141. The summed E-state index contributed by atoms with van der Waals surface area (Å²) in [5, 5.41) is 5.42. The number of hydrogen-bond acceptors (Lipinski definition) is 6. The summed E-state index contributed by atoms with van der Waals surface area (Å²) in [6, 6.07) is 0. The van der Waals surface area contributed by atoms with Crippen LogP contribution in [0.15, 0.2) is 0 Å². The fraction of sp³-hybridized carbons (Fsp3) is 0.750. The Balaban J connectivity index is 2.34. The Morgan fingerprint density at radius 3 is 1.62 bits per heavy atom. The van der Waals surface area contributed by atoms with Crippen LogP contribution < -0.4 is 10.6 Å². The van der Waals surface area contributed by atoms with Gasteiger partial charge in [-0.05, 0) is 19.3 Å². The normalized spacial score (nSPS) is 19.9. The zero-order valence-electron chi connectivity index (χ0n) is 14.3. The van der Waals surface area contributed by atoms with Crippen molar-refractivity contribution in [3.63, 3.8) is 0 Å². The molecule has 136 valence electrons. The number of rotatable bonds is 8. The van der Waals surface area contributed by atoms with Gasteiger partial charge in [-0.25, -0.2) is 0 Å². The molecule has 2 atom stereocenters. The molecule has 0 saturated heterocycles. The second-order valence-corrected chi connectivity index (χ2v) is 5.79. The summed E-state index contributed by atoms with van der Waals surface area (Å²) in [6.45, 7) is 0.468. The number of nitrogens with one attached hydrogen (secondary N) is 2. The maximum Gasteiger partial charge on any atom is 0.307 e. The molecule has 0 aliphatic heterocycles. The molecule has 1 aliphatic carbocycles. The summed E-state index contributed by atoms with van der Waals surface area (Å²) in [6.07, 6.45) is 3.00. The van der Waals surface area contributed by atoms with Crippen LogP contribution in [-0.2, 0) is 28.7 Å². The summed E-state index contributed by atoms with van der Waals surface area (Å²) in [5.41, 5.74) is 0. The Morgan fingerprint density at radius 2 is 1.25 bits per heavy atom. The lowest BCUT2D eigenvalue weighted by Crippen LogP contribution is -2.39. The average Bonchev–Trinajstić information content (AvgIpc) is 2.61. The predicted octanol–water partition coefficient (Wildman–Crippen LogP) is 0.151. The van der Waals surface area contributed by atoms with Gasteiger partial charge in [-0.2, -0.15) is 0 Å². The van der Waals surface area contributed by atoms with Crippen molar-refractivity contribution in [3.05, 3.63) is 0 Å². The minimum atomic E-state index is -0.373. The van der Waals surface area contributed by atoms with E-state index in [4.69, 9.17) is 0 Å². The first-order valence-corrected chi connectivity index (χ1v) is 8.17. The van der Waals surface area contributed by atoms with Crippen molar-refractivity contribution in [1.82, 2.24) is 10.6 Å². The Labute approximate surface area is 141 Å². The van der Waals surface area contributed by atoms with E-state index < -0.39 is 0 Å². The molecule has 1 rings (SSSR count). The molecule has 0 aromatic carbocycles. The third-order valence-electron chi connectivity index (χ3n) is 4.13. The predicted molar refractivity (Wildman–Crippen MR) is 84.7 cm³/mol. The molecular weight excluding hydrogens is 316 g/mol. The van der Waals surface area contributed by atoms with E-state index in [0.29, 0.717) is 6.42 Å². The summed E-state index contributed by atoms with van der Waals surface area (Å²) >= 11 is 0. The number of methoxy groups -OCH3 is 2. The third kappa shape index (κ3) is 6.97. The van der Waals surface area contributed by atoms with Gasteiger partial charge in [0, 0.05) is 24.9 Å². The molecule has 0 spiro atoms. The SMILES string of the molecule is COC(=O)CCNC(=O)[C@@H]1CCC[C@H](C(=O)NCCC(=O)OC)C1. The Morgan fingerprint density at radius 1 is 0.833 bits per heavy atom. The number of carbonyl (C=O) groups excluding carboxylic acids is 4. The molecule has 1 fully saturated rings. The molecule has 0 aromatic rings. The number of ether oxygens (including phenoxy) is 2. The number of carbonyl (C=O) groups is 4. The highest BCUT2D eigenvalue weighted by atomic mass is 16.5. The van der Waals surface area contributed by atoms with Gasteiger partial charge in [0.25, 0.3) is 0 Å². The molecule has 1 saturated carbocycles. The quantitative estimate of drug-likeness (QED) is 0.608. The first-order valence-electron chi connectivity index (χ1n) is 8.17. The second kappa shape index (κ2) is 10.6. The largest absolute Gasteiger partial charge is 0.469 e. The maximum atomic E-state index is 12.1. The Kier molecular flexibility index (Phi) is 8.81. The summed E-state index contributed by atoms with van der Waals surface area (Å²) in [7, 11) is 2.60.